The molecule has 1 heterocycles. The maximum absolute atomic E-state index is 13.6. The molecule has 112 valence electrons. The van der Waals surface area contributed by atoms with Gasteiger partial charge in [0.15, 0.2) is 11.6 Å². The van der Waals surface area contributed by atoms with E-state index in [9.17, 15) is 18.4 Å². The van der Waals surface area contributed by atoms with Gasteiger partial charge in [-0.05, 0) is 25.0 Å². The van der Waals surface area contributed by atoms with Crippen LogP contribution in [0.2, 0.25) is 0 Å². The Labute approximate surface area is 121 Å². The fourth-order valence-corrected chi connectivity index (χ4v) is 2.56. The molecule has 0 N–H and O–H groups in total. The van der Waals surface area contributed by atoms with Crippen molar-refractivity contribution in [2.45, 2.75) is 12.8 Å². The Kier molecular flexibility index (Phi) is 3.61. The van der Waals surface area contributed by atoms with Gasteiger partial charge in [-0.3, -0.25) is 9.59 Å². The number of piperazine rings is 1. The van der Waals surface area contributed by atoms with Gasteiger partial charge in [0.25, 0.3) is 5.91 Å². The smallest absolute Gasteiger partial charge is 0.257 e. The van der Waals surface area contributed by atoms with Crippen molar-refractivity contribution >= 4 is 11.8 Å². The number of nitrogens with zero attached hydrogens (tertiary/aromatic N) is 2. The van der Waals surface area contributed by atoms with Crippen LogP contribution in [0.1, 0.15) is 23.2 Å². The van der Waals surface area contributed by atoms with Gasteiger partial charge in [-0.1, -0.05) is 6.07 Å². The van der Waals surface area contributed by atoms with E-state index in [4.69, 9.17) is 0 Å². The lowest BCUT2D eigenvalue weighted by atomic mass is 10.1. The molecule has 2 aliphatic rings. The van der Waals surface area contributed by atoms with Crippen LogP contribution in [0.25, 0.3) is 0 Å². The van der Waals surface area contributed by atoms with Crippen LogP contribution in [0, 0.1) is 17.6 Å². The normalized spacial score (nSPS) is 18.8. The number of carbonyl (C=O) groups is 2. The number of amides is 2. The van der Waals surface area contributed by atoms with Crippen molar-refractivity contribution in [1.82, 2.24) is 9.80 Å². The number of halogens is 2. The zero-order valence-electron chi connectivity index (χ0n) is 11.5. The molecule has 21 heavy (non-hydrogen) atoms. The van der Waals surface area contributed by atoms with E-state index in [0.717, 1.165) is 18.9 Å². The summed E-state index contributed by atoms with van der Waals surface area (Å²) in [5, 5.41) is 0. The second kappa shape index (κ2) is 5.42. The van der Waals surface area contributed by atoms with Crippen molar-refractivity contribution in [3.05, 3.63) is 35.4 Å². The minimum absolute atomic E-state index is 0.152. The summed E-state index contributed by atoms with van der Waals surface area (Å²) in [6, 6.07) is 3.58. The van der Waals surface area contributed by atoms with Gasteiger partial charge in [0, 0.05) is 32.1 Å². The van der Waals surface area contributed by atoms with Crippen LogP contribution < -0.4 is 0 Å². The lowest BCUT2D eigenvalue weighted by Gasteiger charge is -2.35. The SMILES string of the molecule is O=C(c1cccc(F)c1F)N1CCN(C(=O)C2CC2)CC1. The van der Waals surface area contributed by atoms with Crippen LogP contribution >= 0.6 is 0 Å². The summed E-state index contributed by atoms with van der Waals surface area (Å²) in [4.78, 5) is 27.4. The van der Waals surface area contributed by atoms with Gasteiger partial charge in [0.2, 0.25) is 5.91 Å². The number of hydrogen-bond donors (Lipinski definition) is 0. The molecule has 0 atom stereocenters. The van der Waals surface area contributed by atoms with E-state index < -0.39 is 17.5 Å². The Morgan fingerprint density at radius 2 is 1.62 bits per heavy atom. The molecular formula is C15H16F2N2O2. The number of benzene rings is 1. The first-order chi connectivity index (χ1) is 10.1. The molecule has 0 bridgehead atoms. The van der Waals surface area contributed by atoms with Gasteiger partial charge in [-0.15, -0.1) is 0 Å². The molecule has 3 rings (SSSR count). The van der Waals surface area contributed by atoms with Crippen molar-refractivity contribution in [3.8, 4) is 0 Å². The van der Waals surface area contributed by atoms with E-state index in [0.29, 0.717) is 26.2 Å². The van der Waals surface area contributed by atoms with Crippen LogP contribution in [0.15, 0.2) is 18.2 Å². The molecule has 1 aliphatic heterocycles. The predicted molar refractivity (Wildman–Crippen MR) is 71.6 cm³/mol. The van der Waals surface area contributed by atoms with Crippen molar-refractivity contribution in [2.75, 3.05) is 26.2 Å². The summed E-state index contributed by atoms with van der Waals surface area (Å²) in [6.45, 7) is 1.62. The summed E-state index contributed by atoms with van der Waals surface area (Å²) < 4.78 is 26.8. The molecule has 4 nitrogen and oxygen atoms in total. The van der Waals surface area contributed by atoms with Gasteiger partial charge in [-0.25, -0.2) is 8.78 Å². The maximum atomic E-state index is 13.6. The fraction of sp³-hybridized carbons (Fsp3) is 0.467. The van der Waals surface area contributed by atoms with Crippen molar-refractivity contribution in [3.63, 3.8) is 0 Å². The average molecular weight is 294 g/mol. The van der Waals surface area contributed by atoms with Gasteiger partial charge in [0.05, 0.1) is 5.56 Å². The molecule has 1 aromatic carbocycles. The van der Waals surface area contributed by atoms with Crippen LogP contribution in [0.4, 0.5) is 8.78 Å². The Morgan fingerprint density at radius 1 is 1.00 bits per heavy atom. The molecule has 0 unspecified atom stereocenters. The minimum atomic E-state index is -1.11. The van der Waals surface area contributed by atoms with E-state index >= 15 is 0 Å². The largest absolute Gasteiger partial charge is 0.339 e. The Balaban J connectivity index is 1.64. The van der Waals surface area contributed by atoms with Crippen molar-refractivity contribution < 1.29 is 18.4 Å². The Bertz CT molecular complexity index is 579. The number of carbonyl (C=O) groups excluding carboxylic acids is 2. The summed E-state index contributed by atoms with van der Waals surface area (Å²) >= 11 is 0. The van der Waals surface area contributed by atoms with E-state index in [2.05, 4.69) is 0 Å². The lowest BCUT2D eigenvalue weighted by molar-refractivity contribution is -0.134. The molecule has 0 aromatic heterocycles. The molecule has 1 saturated heterocycles. The molecule has 2 fully saturated rings. The molecule has 2 amide bonds. The van der Waals surface area contributed by atoms with Gasteiger partial charge < -0.3 is 9.80 Å². The fourth-order valence-electron chi connectivity index (χ4n) is 2.56. The van der Waals surface area contributed by atoms with Crippen molar-refractivity contribution in [1.29, 1.82) is 0 Å². The van der Waals surface area contributed by atoms with E-state index in [1.165, 1.54) is 17.0 Å². The topological polar surface area (TPSA) is 40.6 Å². The summed E-state index contributed by atoms with van der Waals surface area (Å²) in [5.41, 5.74) is -0.253. The predicted octanol–water partition coefficient (Wildman–Crippen LogP) is 1.66. The summed E-state index contributed by atoms with van der Waals surface area (Å²) in [5.74, 6) is -2.35. The third-order valence-corrected chi connectivity index (χ3v) is 3.99. The highest BCUT2D eigenvalue weighted by Gasteiger charge is 2.35. The molecule has 6 heteroatoms. The molecule has 1 aliphatic carbocycles. The quantitative estimate of drug-likeness (QED) is 0.832. The van der Waals surface area contributed by atoms with E-state index in [-0.39, 0.29) is 17.4 Å². The average Bonchev–Trinajstić information content (AvgIpc) is 3.33. The Hall–Kier alpha value is -1.98. The zero-order chi connectivity index (χ0) is 15.0. The van der Waals surface area contributed by atoms with Crippen LogP contribution in [-0.2, 0) is 4.79 Å². The summed E-state index contributed by atoms with van der Waals surface area (Å²) in [6.07, 6.45) is 1.90. The highest BCUT2D eigenvalue weighted by molar-refractivity contribution is 5.94. The maximum Gasteiger partial charge on any atom is 0.257 e. The standard InChI is InChI=1S/C15H16F2N2O2/c16-12-3-1-2-11(13(12)17)15(21)19-8-6-18(7-9-19)14(20)10-4-5-10/h1-3,10H,4-9H2. The minimum Gasteiger partial charge on any atom is -0.339 e. The first-order valence-corrected chi connectivity index (χ1v) is 7.10. The molecule has 0 spiro atoms. The highest BCUT2D eigenvalue weighted by atomic mass is 19.2. The van der Waals surface area contributed by atoms with Gasteiger partial charge in [0.1, 0.15) is 0 Å². The second-order valence-electron chi connectivity index (χ2n) is 5.49. The highest BCUT2D eigenvalue weighted by Crippen LogP contribution is 2.31. The van der Waals surface area contributed by atoms with Crippen LogP contribution in [0.5, 0.6) is 0 Å². The second-order valence-corrected chi connectivity index (χ2v) is 5.49. The molecule has 1 aromatic rings. The lowest BCUT2D eigenvalue weighted by Crippen LogP contribution is -2.51. The van der Waals surface area contributed by atoms with Gasteiger partial charge in [-0.2, -0.15) is 0 Å². The van der Waals surface area contributed by atoms with Crippen LogP contribution in [0.3, 0.4) is 0 Å². The van der Waals surface area contributed by atoms with E-state index in [1.807, 2.05) is 0 Å². The monoisotopic (exact) mass is 294 g/mol. The van der Waals surface area contributed by atoms with Crippen LogP contribution in [-0.4, -0.2) is 47.8 Å². The zero-order valence-corrected chi connectivity index (χ0v) is 11.5. The molecule has 0 radical (unpaired) electrons. The first-order valence-electron chi connectivity index (χ1n) is 7.10. The Morgan fingerprint density at radius 3 is 2.24 bits per heavy atom. The van der Waals surface area contributed by atoms with E-state index in [1.54, 1.807) is 4.90 Å². The number of rotatable bonds is 2. The first kappa shape index (κ1) is 14.0. The third-order valence-electron chi connectivity index (χ3n) is 3.99. The third kappa shape index (κ3) is 2.75. The van der Waals surface area contributed by atoms with Gasteiger partial charge >= 0.3 is 0 Å². The van der Waals surface area contributed by atoms with Crippen molar-refractivity contribution in [2.24, 2.45) is 5.92 Å². The summed E-state index contributed by atoms with van der Waals surface area (Å²) in [7, 11) is 0. The molecular weight excluding hydrogens is 278 g/mol. The molecule has 1 saturated carbocycles. The number of hydrogen-bond acceptors (Lipinski definition) is 2.